The van der Waals surface area contributed by atoms with E-state index in [9.17, 15) is 9.59 Å². The van der Waals surface area contributed by atoms with Crippen LogP contribution in [-0.2, 0) is 11.3 Å². The minimum atomic E-state index is -0.126. The number of carbonyl (C=O) groups is 2. The molecule has 2 aromatic rings. The highest BCUT2D eigenvalue weighted by molar-refractivity contribution is 6.04. The monoisotopic (exact) mass is 433 g/mol. The Bertz CT molecular complexity index is 900. The molecule has 0 spiro atoms. The van der Waals surface area contributed by atoms with Gasteiger partial charge in [-0.1, -0.05) is 49.6 Å². The van der Waals surface area contributed by atoms with Crippen molar-refractivity contribution in [2.75, 3.05) is 5.32 Å². The number of hydrogen-bond donors (Lipinski definition) is 2. The number of hydrogen-bond acceptors (Lipinski definition) is 3. The molecule has 5 heteroatoms. The molecule has 0 radical (unpaired) electrons. The Morgan fingerprint density at radius 2 is 1.59 bits per heavy atom. The van der Waals surface area contributed by atoms with Crippen LogP contribution in [-0.4, -0.2) is 28.8 Å². The Labute approximate surface area is 191 Å². The van der Waals surface area contributed by atoms with E-state index < -0.39 is 0 Å². The van der Waals surface area contributed by atoms with Crippen LogP contribution in [0.25, 0.3) is 0 Å². The molecule has 32 heavy (non-hydrogen) atoms. The molecule has 0 saturated heterocycles. The number of nitrogens with one attached hydrogen (secondary N) is 1. The number of anilines is 1. The Morgan fingerprint density at radius 1 is 0.875 bits per heavy atom. The van der Waals surface area contributed by atoms with E-state index in [2.05, 4.69) is 10.2 Å². The predicted octanol–water partition coefficient (Wildman–Crippen LogP) is 5.12. The summed E-state index contributed by atoms with van der Waals surface area (Å²) in [5.41, 5.74) is 8.58. The fourth-order valence-corrected chi connectivity index (χ4v) is 5.12. The van der Waals surface area contributed by atoms with E-state index in [-0.39, 0.29) is 23.9 Å². The zero-order chi connectivity index (χ0) is 22.3. The van der Waals surface area contributed by atoms with Crippen LogP contribution in [0, 0.1) is 5.92 Å². The molecule has 0 bridgehead atoms. The molecule has 3 N–H and O–H groups in total. The highest BCUT2D eigenvalue weighted by Gasteiger charge is 2.32. The van der Waals surface area contributed by atoms with Crippen LogP contribution in [0.5, 0.6) is 0 Å². The standard InChI is InChI=1S/C27H35N3O2/c28-23-14-16-25(17-15-23)30(27(32)22-11-5-2-6-12-22)19-20-8-7-13-24(18-20)29-26(31)21-9-3-1-4-10-21/h1,3-4,7-10,13,18,22-23,25H,2,5-6,11-12,14-17,19,28H2,(H,29,31). The Morgan fingerprint density at radius 3 is 2.31 bits per heavy atom. The minimum Gasteiger partial charge on any atom is -0.335 e. The summed E-state index contributed by atoms with van der Waals surface area (Å²) in [5.74, 6) is 0.336. The molecule has 5 nitrogen and oxygen atoms in total. The fraction of sp³-hybridized carbons (Fsp3) is 0.481. The number of carbonyl (C=O) groups excluding carboxylic acids is 2. The van der Waals surface area contributed by atoms with Gasteiger partial charge in [0.2, 0.25) is 5.91 Å². The zero-order valence-corrected chi connectivity index (χ0v) is 18.8. The Kier molecular flexibility index (Phi) is 7.59. The average Bonchev–Trinajstić information content (AvgIpc) is 2.84. The van der Waals surface area contributed by atoms with Gasteiger partial charge in [0, 0.05) is 35.8 Å². The topological polar surface area (TPSA) is 75.4 Å². The van der Waals surface area contributed by atoms with Crippen LogP contribution in [0.1, 0.15) is 73.7 Å². The highest BCUT2D eigenvalue weighted by Crippen LogP contribution is 2.30. The van der Waals surface area contributed by atoms with E-state index >= 15 is 0 Å². The Balaban J connectivity index is 1.49. The number of amides is 2. The van der Waals surface area contributed by atoms with Gasteiger partial charge in [-0.3, -0.25) is 9.59 Å². The van der Waals surface area contributed by atoms with Crippen molar-refractivity contribution in [3.63, 3.8) is 0 Å². The van der Waals surface area contributed by atoms with Crippen molar-refractivity contribution in [2.24, 2.45) is 11.7 Å². The normalized spacial score (nSPS) is 21.7. The third-order valence-electron chi connectivity index (χ3n) is 6.99. The van der Waals surface area contributed by atoms with Gasteiger partial charge in [0.25, 0.3) is 5.91 Å². The third-order valence-corrected chi connectivity index (χ3v) is 6.99. The molecular formula is C27H35N3O2. The molecule has 0 atom stereocenters. The van der Waals surface area contributed by atoms with Crippen molar-refractivity contribution in [1.29, 1.82) is 0 Å². The van der Waals surface area contributed by atoms with Gasteiger partial charge in [-0.25, -0.2) is 0 Å². The van der Waals surface area contributed by atoms with Gasteiger partial charge in [-0.15, -0.1) is 0 Å². The molecule has 0 unspecified atom stereocenters. The first-order valence-corrected chi connectivity index (χ1v) is 12.1. The molecule has 2 aromatic carbocycles. The number of rotatable bonds is 6. The first-order valence-electron chi connectivity index (χ1n) is 12.1. The summed E-state index contributed by atoms with van der Waals surface area (Å²) in [6.07, 6.45) is 9.48. The lowest BCUT2D eigenvalue weighted by Gasteiger charge is -2.39. The van der Waals surface area contributed by atoms with Crippen LogP contribution in [0.4, 0.5) is 5.69 Å². The second kappa shape index (κ2) is 10.8. The van der Waals surface area contributed by atoms with E-state index in [4.69, 9.17) is 5.73 Å². The second-order valence-electron chi connectivity index (χ2n) is 9.39. The smallest absolute Gasteiger partial charge is 0.255 e. The van der Waals surface area contributed by atoms with Crippen molar-refractivity contribution in [3.05, 3.63) is 65.7 Å². The Hall–Kier alpha value is -2.66. The highest BCUT2D eigenvalue weighted by atomic mass is 16.2. The van der Waals surface area contributed by atoms with Crippen LogP contribution in [0.15, 0.2) is 54.6 Å². The van der Waals surface area contributed by atoms with Crippen molar-refractivity contribution >= 4 is 17.5 Å². The predicted molar refractivity (Wildman–Crippen MR) is 128 cm³/mol. The van der Waals surface area contributed by atoms with Crippen LogP contribution in [0.3, 0.4) is 0 Å². The number of nitrogens with two attached hydrogens (primary N) is 1. The van der Waals surface area contributed by atoms with Crippen LogP contribution >= 0.6 is 0 Å². The summed E-state index contributed by atoms with van der Waals surface area (Å²) in [7, 11) is 0. The molecule has 2 fully saturated rings. The molecule has 2 aliphatic rings. The first-order chi connectivity index (χ1) is 15.6. The zero-order valence-electron chi connectivity index (χ0n) is 18.8. The second-order valence-corrected chi connectivity index (χ2v) is 9.39. The summed E-state index contributed by atoms with van der Waals surface area (Å²) < 4.78 is 0. The molecule has 170 valence electrons. The third kappa shape index (κ3) is 5.77. The molecule has 0 aliphatic heterocycles. The van der Waals surface area contributed by atoms with Crippen molar-refractivity contribution in [1.82, 2.24) is 4.90 Å². The molecule has 2 aliphatic carbocycles. The quantitative estimate of drug-likeness (QED) is 0.664. The lowest BCUT2D eigenvalue weighted by molar-refractivity contribution is -0.140. The van der Waals surface area contributed by atoms with Crippen molar-refractivity contribution in [2.45, 2.75) is 76.4 Å². The van der Waals surface area contributed by atoms with Gasteiger partial charge in [-0.2, -0.15) is 0 Å². The maximum absolute atomic E-state index is 13.6. The SMILES string of the molecule is NC1CCC(N(Cc2cccc(NC(=O)c3ccccc3)c2)C(=O)C2CCCCC2)CC1. The number of nitrogens with zero attached hydrogens (tertiary/aromatic N) is 1. The molecule has 2 amide bonds. The summed E-state index contributed by atoms with van der Waals surface area (Å²) >= 11 is 0. The van der Waals surface area contributed by atoms with E-state index in [1.165, 1.54) is 6.42 Å². The fourth-order valence-electron chi connectivity index (χ4n) is 5.12. The summed E-state index contributed by atoms with van der Waals surface area (Å²) in [5, 5.41) is 2.99. The van der Waals surface area contributed by atoms with E-state index in [0.29, 0.717) is 18.0 Å². The molecular weight excluding hydrogens is 398 g/mol. The van der Waals surface area contributed by atoms with Gasteiger partial charge in [0.05, 0.1) is 0 Å². The van der Waals surface area contributed by atoms with E-state index in [1.54, 1.807) is 12.1 Å². The van der Waals surface area contributed by atoms with Gasteiger partial charge in [0.1, 0.15) is 0 Å². The van der Waals surface area contributed by atoms with Crippen LogP contribution in [0.2, 0.25) is 0 Å². The molecule has 2 saturated carbocycles. The number of benzene rings is 2. The maximum atomic E-state index is 13.6. The summed E-state index contributed by atoms with van der Waals surface area (Å²) in [6.45, 7) is 0.588. The molecule has 0 heterocycles. The first kappa shape index (κ1) is 22.5. The maximum Gasteiger partial charge on any atom is 0.255 e. The van der Waals surface area contributed by atoms with E-state index in [0.717, 1.165) is 62.6 Å². The largest absolute Gasteiger partial charge is 0.335 e. The van der Waals surface area contributed by atoms with Gasteiger partial charge in [0.15, 0.2) is 0 Å². The minimum absolute atomic E-state index is 0.126. The van der Waals surface area contributed by atoms with Crippen molar-refractivity contribution < 1.29 is 9.59 Å². The molecule has 0 aromatic heterocycles. The van der Waals surface area contributed by atoms with Gasteiger partial charge >= 0.3 is 0 Å². The lowest BCUT2D eigenvalue weighted by Crippen LogP contribution is -2.46. The van der Waals surface area contributed by atoms with E-state index in [1.807, 2.05) is 42.5 Å². The average molecular weight is 434 g/mol. The summed E-state index contributed by atoms with van der Waals surface area (Å²) in [6, 6.07) is 17.6. The lowest BCUT2D eigenvalue weighted by atomic mass is 9.85. The van der Waals surface area contributed by atoms with Crippen LogP contribution < -0.4 is 11.1 Å². The van der Waals surface area contributed by atoms with Gasteiger partial charge in [-0.05, 0) is 68.4 Å². The summed E-state index contributed by atoms with van der Waals surface area (Å²) in [4.78, 5) is 28.2. The molecule has 4 rings (SSSR count). The van der Waals surface area contributed by atoms with Gasteiger partial charge < -0.3 is 16.0 Å². The van der Waals surface area contributed by atoms with Crippen molar-refractivity contribution in [3.8, 4) is 0 Å².